The lowest BCUT2D eigenvalue weighted by molar-refractivity contribution is -0.119. The van der Waals surface area contributed by atoms with Crippen molar-refractivity contribution in [2.75, 3.05) is 26.2 Å². The summed E-state index contributed by atoms with van der Waals surface area (Å²) in [7, 11) is 0. The van der Waals surface area contributed by atoms with E-state index in [0.29, 0.717) is 18.4 Å². The summed E-state index contributed by atoms with van der Waals surface area (Å²) in [6.07, 6.45) is 5.49. The minimum Gasteiger partial charge on any atom is -0.370 e. The summed E-state index contributed by atoms with van der Waals surface area (Å²) in [5, 5.41) is 3.53. The maximum Gasteiger partial charge on any atom is 0.217 e. The van der Waals surface area contributed by atoms with Crippen LogP contribution in [0.2, 0.25) is 0 Å². The third-order valence-electron chi connectivity index (χ3n) is 3.84. The second-order valence-electron chi connectivity index (χ2n) is 5.21. The average molecular weight is 225 g/mol. The Morgan fingerprint density at radius 1 is 1.31 bits per heavy atom. The number of amides is 1. The number of piperidine rings is 1. The fourth-order valence-electron chi connectivity index (χ4n) is 2.88. The summed E-state index contributed by atoms with van der Waals surface area (Å²) in [4.78, 5) is 13.4. The van der Waals surface area contributed by atoms with Gasteiger partial charge >= 0.3 is 0 Å². The Balaban J connectivity index is 1.66. The van der Waals surface area contributed by atoms with Crippen LogP contribution in [-0.2, 0) is 4.79 Å². The number of primary amides is 1. The molecule has 0 aromatic heterocycles. The van der Waals surface area contributed by atoms with Crippen LogP contribution in [0.25, 0.3) is 0 Å². The van der Waals surface area contributed by atoms with Crippen molar-refractivity contribution in [3.8, 4) is 0 Å². The number of hydrogen-bond acceptors (Lipinski definition) is 3. The largest absolute Gasteiger partial charge is 0.370 e. The van der Waals surface area contributed by atoms with E-state index >= 15 is 0 Å². The molecule has 2 fully saturated rings. The predicted molar refractivity (Wildman–Crippen MR) is 64.0 cm³/mol. The lowest BCUT2D eigenvalue weighted by Crippen LogP contribution is -2.42. The molecule has 0 aromatic carbocycles. The van der Waals surface area contributed by atoms with Crippen LogP contribution >= 0.6 is 0 Å². The van der Waals surface area contributed by atoms with Gasteiger partial charge in [-0.25, -0.2) is 0 Å². The number of rotatable bonds is 4. The van der Waals surface area contributed by atoms with Gasteiger partial charge in [0.2, 0.25) is 5.91 Å². The maximum absolute atomic E-state index is 10.8. The Morgan fingerprint density at radius 3 is 2.62 bits per heavy atom. The zero-order valence-corrected chi connectivity index (χ0v) is 9.95. The molecule has 16 heavy (non-hydrogen) atoms. The van der Waals surface area contributed by atoms with E-state index in [0.717, 1.165) is 25.9 Å². The van der Waals surface area contributed by atoms with Crippen molar-refractivity contribution in [1.29, 1.82) is 0 Å². The van der Waals surface area contributed by atoms with Crippen molar-refractivity contribution in [3.05, 3.63) is 0 Å². The van der Waals surface area contributed by atoms with Gasteiger partial charge in [0.1, 0.15) is 0 Å². The van der Waals surface area contributed by atoms with E-state index in [1.165, 1.54) is 25.9 Å². The second-order valence-corrected chi connectivity index (χ2v) is 5.21. The highest BCUT2D eigenvalue weighted by Crippen LogP contribution is 2.20. The Kier molecular flexibility index (Phi) is 4.18. The van der Waals surface area contributed by atoms with Gasteiger partial charge in [-0.1, -0.05) is 0 Å². The van der Waals surface area contributed by atoms with Crippen molar-refractivity contribution < 1.29 is 4.79 Å². The van der Waals surface area contributed by atoms with Crippen LogP contribution in [0.3, 0.4) is 0 Å². The summed E-state index contributed by atoms with van der Waals surface area (Å²) in [5.41, 5.74) is 5.23. The molecule has 0 bridgehead atoms. The molecule has 0 aliphatic carbocycles. The molecule has 2 rings (SSSR count). The lowest BCUT2D eigenvalue weighted by Gasteiger charge is -2.33. The van der Waals surface area contributed by atoms with E-state index in [2.05, 4.69) is 10.2 Å². The lowest BCUT2D eigenvalue weighted by atomic mass is 9.93. The van der Waals surface area contributed by atoms with Crippen molar-refractivity contribution >= 4 is 5.91 Å². The van der Waals surface area contributed by atoms with Gasteiger partial charge in [0, 0.05) is 19.0 Å². The van der Waals surface area contributed by atoms with E-state index in [4.69, 9.17) is 5.73 Å². The molecule has 0 spiro atoms. The molecule has 2 saturated heterocycles. The molecule has 0 radical (unpaired) electrons. The number of likely N-dealkylation sites (tertiary alicyclic amines) is 1. The van der Waals surface area contributed by atoms with Gasteiger partial charge < -0.3 is 16.0 Å². The molecule has 0 aromatic rings. The zero-order chi connectivity index (χ0) is 11.4. The van der Waals surface area contributed by atoms with E-state index in [-0.39, 0.29) is 5.91 Å². The van der Waals surface area contributed by atoms with Gasteiger partial charge in [0.15, 0.2) is 0 Å². The summed E-state index contributed by atoms with van der Waals surface area (Å²) in [5.74, 6) is 0.390. The predicted octanol–water partition coefficient (Wildman–Crippen LogP) is 0.326. The molecule has 2 aliphatic rings. The molecule has 1 atom stereocenters. The third-order valence-corrected chi connectivity index (χ3v) is 3.84. The van der Waals surface area contributed by atoms with Crippen molar-refractivity contribution in [3.63, 3.8) is 0 Å². The minimum atomic E-state index is -0.143. The highest BCUT2D eigenvalue weighted by Gasteiger charge is 2.23. The summed E-state index contributed by atoms with van der Waals surface area (Å²) >= 11 is 0. The van der Waals surface area contributed by atoms with Gasteiger partial charge in [0.05, 0.1) is 0 Å². The zero-order valence-electron chi connectivity index (χ0n) is 9.95. The Hall–Kier alpha value is -0.610. The van der Waals surface area contributed by atoms with Crippen molar-refractivity contribution in [2.24, 2.45) is 11.7 Å². The highest BCUT2D eigenvalue weighted by atomic mass is 16.1. The van der Waals surface area contributed by atoms with Crippen LogP contribution in [0.5, 0.6) is 0 Å². The summed E-state index contributed by atoms with van der Waals surface area (Å²) < 4.78 is 0. The first-order valence-corrected chi connectivity index (χ1v) is 6.48. The molecule has 1 amide bonds. The van der Waals surface area contributed by atoms with E-state index in [1.807, 2.05) is 0 Å². The van der Waals surface area contributed by atoms with Gasteiger partial charge in [-0.15, -0.1) is 0 Å². The van der Waals surface area contributed by atoms with Gasteiger partial charge in [0.25, 0.3) is 0 Å². The van der Waals surface area contributed by atoms with Crippen LogP contribution in [0.1, 0.15) is 32.1 Å². The Labute approximate surface area is 97.6 Å². The van der Waals surface area contributed by atoms with Crippen LogP contribution in [-0.4, -0.2) is 43.0 Å². The van der Waals surface area contributed by atoms with Crippen LogP contribution in [0.4, 0.5) is 0 Å². The number of nitrogens with two attached hydrogens (primary N) is 1. The molecular weight excluding hydrogens is 202 g/mol. The molecule has 3 N–H and O–H groups in total. The number of hydrogen-bond donors (Lipinski definition) is 2. The van der Waals surface area contributed by atoms with E-state index < -0.39 is 0 Å². The SMILES string of the molecule is NC(=O)CC1CCN(C[C@H]2CCCN2)CC1. The van der Waals surface area contributed by atoms with Crippen molar-refractivity contribution in [1.82, 2.24) is 10.2 Å². The van der Waals surface area contributed by atoms with Crippen LogP contribution in [0, 0.1) is 5.92 Å². The average Bonchev–Trinajstić information content (AvgIpc) is 2.73. The summed E-state index contributed by atoms with van der Waals surface area (Å²) in [6, 6.07) is 0.702. The fraction of sp³-hybridized carbons (Fsp3) is 0.917. The van der Waals surface area contributed by atoms with Crippen LogP contribution < -0.4 is 11.1 Å². The van der Waals surface area contributed by atoms with Crippen LogP contribution in [0.15, 0.2) is 0 Å². The van der Waals surface area contributed by atoms with E-state index in [1.54, 1.807) is 0 Å². The number of carbonyl (C=O) groups is 1. The summed E-state index contributed by atoms with van der Waals surface area (Å²) in [6.45, 7) is 4.64. The Bertz CT molecular complexity index is 230. The monoisotopic (exact) mass is 225 g/mol. The minimum absolute atomic E-state index is 0.143. The van der Waals surface area contributed by atoms with E-state index in [9.17, 15) is 4.79 Å². The van der Waals surface area contributed by atoms with Gasteiger partial charge in [-0.05, 0) is 51.2 Å². The molecular formula is C12H23N3O. The number of nitrogens with zero attached hydrogens (tertiary/aromatic N) is 1. The van der Waals surface area contributed by atoms with Gasteiger partial charge in [-0.3, -0.25) is 4.79 Å². The van der Waals surface area contributed by atoms with Gasteiger partial charge in [-0.2, -0.15) is 0 Å². The Morgan fingerprint density at radius 2 is 2.06 bits per heavy atom. The highest BCUT2D eigenvalue weighted by molar-refractivity contribution is 5.73. The standard InChI is InChI=1S/C12H23N3O/c13-12(16)8-10-3-6-15(7-4-10)9-11-2-1-5-14-11/h10-11,14H,1-9H2,(H2,13,16)/t11-/m1/s1. The first-order valence-electron chi connectivity index (χ1n) is 6.48. The molecule has 2 heterocycles. The number of nitrogens with one attached hydrogen (secondary N) is 1. The number of carbonyl (C=O) groups excluding carboxylic acids is 1. The fourth-order valence-corrected chi connectivity index (χ4v) is 2.88. The van der Waals surface area contributed by atoms with Crippen molar-refractivity contribution in [2.45, 2.75) is 38.1 Å². The smallest absolute Gasteiger partial charge is 0.217 e. The first kappa shape index (κ1) is 11.9. The molecule has 4 heteroatoms. The normalized spacial score (nSPS) is 28.4. The molecule has 92 valence electrons. The maximum atomic E-state index is 10.8. The quantitative estimate of drug-likeness (QED) is 0.725. The molecule has 2 aliphatic heterocycles. The topological polar surface area (TPSA) is 58.4 Å². The first-order chi connectivity index (χ1) is 7.74. The second kappa shape index (κ2) is 5.64. The third kappa shape index (κ3) is 3.46. The molecule has 0 saturated carbocycles. The molecule has 0 unspecified atom stereocenters. The molecule has 4 nitrogen and oxygen atoms in total.